The van der Waals surface area contributed by atoms with Crippen molar-refractivity contribution in [3.05, 3.63) is 28.8 Å². The predicted molar refractivity (Wildman–Crippen MR) is 48.6 cm³/mol. The Morgan fingerprint density at radius 1 is 1.31 bits per heavy atom. The van der Waals surface area contributed by atoms with Crippen molar-refractivity contribution in [2.45, 2.75) is 11.1 Å². The van der Waals surface area contributed by atoms with Crippen LogP contribution in [0.25, 0.3) is 0 Å². The van der Waals surface area contributed by atoms with Gasteiger partial charge in [-0.25, -0.2) is 8.42 Å². The molecular weight excluding hydrogens is 271 g/mol. The van der Waals surface area contributed by atoms with Gasteiger partial charge in [-0.2, -0.15) is 13.2 Å². The van der Waals surface area contributed by atoms with Crippen LogP contribution in [0, 0.1) is 0 Å². The summed E-state index contributed by atoms with van der Waals surface area (Å²) in [7, 11) is -4.28. The lowest BCUT2D eigenvalue weighted by atomic mass is 10.2. The molecule has 0 saturated heterocycles. The molecule has 2 N–H and O–H groups in total. The lowest BCUT2D eigenvalue weighted by molar-refractivity contribution is -0.137. The minimum absolute atomic E-state index is 0.464. The molecule has 90 valence electrons. The number of sulfonamides is 1. The number of hydrogen-bond donors (Lipinski definition) is 2. The fourth-order valence-corrected chi connectivity index (χ4v) is 2.09. The summed E-state index contributed by atoms with van der Waals surface area (Å²) >= 11 is 5.37. The van der Waals surface area contributed by atoms with Gasteiger partial charge in [0.2, 0.25) is 0 Å². The van der Waals surface area contributed by atoms with Crippen LogP contribution in [0.5, 0.6) is 0 Å². The average molecular weight is 276 g/mol. The molecule has 0 atom stereocenters. The molecular formula is C7H5ClF3NO3S. The number of alkyl halides is 3. The zero-order valence-electron chi connectivity index (χ0n) is 7.42. The first-order chi connectivity index (χ1) is 7.18. The molecule has 1 aromatic rings. The predicted octanol–water partition coefficient (Wildman–Crippen LogP) is 2.03. The zero-order chi connectivity index (χ0) is 12.6. The average Bonchev–Trinajstić information content (AvgIpc) is 2.16. The molecule has 1 rings (SSSR count). The van der Waals surface area contributed by atoms with E-state index in [-0.39, 0.29) is 0 Å². The topological polar surface area (TPSA) is 66.4 Å². The summed E-state index contributed by atoms with van der Waals surface area (Å²) in [4.78, 5) is 0.329. The number of hydrogen-bond acceptors (Lipinski definition) is 3. The van der Waals surface area contributed by atoms with E-state index in [1.165, 1.54) is 0 Å². The smallest absolute Gasteiger partial charge is 0.302 e. The molecule has 1 aromatic carbocycles. The van der Waals surface area contributed by atoms with E-state index < -0.39 is 31.7 Å². The van der Waals surface area contributed by atoms with E-state index in [2.05, 4.69) is 0 Å². The van der Waals surface area contributed by atoms with Crippen LogP contribution in [0.4, 0.5) is 13.2 Å². The Balaban J connectivity index is 3.32. The van der Waals surface area contributed by atoms with Crippen LogP contribution in [-0.2, 0) is 16.2 Å². The first-order valence-corrected chi connectivity index (χ1v) is 5.57. The Labute approximate surface area is 93.7 Å². The third-order valence-corrected chi connectivity index (χ3v) is 3.27. The van der Waals surface area contributed by atoms with Crippen LogP contribution in [0.1, 0.15) is 5.56 Å². The van der Waals surface area contributed by atoms with Crippen LogP contribution >= 0.6 is 11.6 Å². The largest absolute Gasteiger partial charge is 0.416 e. The number of rotatable bonds is 2. The van der Waals surface area contributed by atoms with Gasteiger partial charge in [0.15, 0.2) is 0 Å². The van der Waals surface area contributed by atoms with Gasteiger partial charge in [-0.1, -0.05) is 16.5 Å². The molecule has 16 heavy (non-hydrogen) atoms. The quantitative estimate of drug-likeness (QED) is 0.812. The van der Waals surface area contributed by atoms with Crippen molar-refractivity contribution in [2.24, 2.45) is 0 Å². The van der Waals surface area contributed by atoms with Crippen LogP contribution in [0.3, 0.4) is 0 Å². The zero-order valence-corrected chi connectivity index (χ0v) is 8.99. The van der Waals surface area contributed by atoms with Gasteiger partial charge in [-0.15, -0.1) is 0 Å². The summed E-state index contributed by atoms with van der Waals surface area (Å²) in [6.07, 6.45) is -4.61. The highest BCUT2D eigenvalue weighted by atomic mass is 35.5. The maximum absolute atomic E-state index is 12.2. The molecule has 0 aliphatic rings. The fourth-order valence-electron chi connectivity index (χ4n) is 0.944. The Hall–Kier alpha value is -0.830. The van der Waals surface area contributed by atoms with E-state index >= 15 is 0 Å². The van der Waals surface area contributed by atoms with Crippen molar-refractivity contribution in [3.63, 3.8) is 0 Å². The molecule has 0 aliphatic carbocycles. The third-order valence-electron chi connectivity index (χ3n) is 1.67. The van der Waals surface area contributed by atoms with Crippen molar-refractivity contribution in [1.29, 1.82) is 0 Å². The van der Waals surface area contributed by atoms with Crippen molar-refractivity contribution < 1.29 is 26.8 Å². The SMILES string of the molecule is O=S(=O)(NO)c1ccc(C(F)(F)F)cc1Cl. The van der Waals surface area contributed by atoms with Gasteiger partial charge >= 0.3 is 6.18 Å². The molecule has 0 saturated carbocycles. The van der Waals surface area contributed by atoms with Gasteiger partial charge in [-0.05, 0) is 18.2 Å². The summed E-state index contributed by atoms with van der Waals surface area (Å²) in [6.45, 7) is 0. The molecule has 0 bridgehead atoms. The highest BCUT2D eigenvalue weighted by Crippen LogP contribution is 2.33. The standard InChI is InChI=1S/C7H5ClF3NO3S/c8-5-3-4(7(9,10)11)1-2-6(5)16(14,15)12-13/h1-3,12-13H. The highest BCUT2D eigenvalue weighted by molar-refractivity contribution is 7.89. The minimum Gasteiger partial charge on any atom is -0.302 e. The van der Waals surface area contributed by atoms with Crippen molar-refractivity contribution in [1.82, 2.24) is 4.89 Å². The Bertz CT molecular complexity index is 500. The number of nitrogens with one attached hydrogen (secondary N) is 1. The Morgan fingerprint density at radius 3 is 2.25 bits per heavy atom. The molecule has 0 aromatic heterocycles. The second kappa shape index (κ2) is 4.21. The molecule has 4 nitrogen and oxygen atoms in total. The van der Waals surface area contributed by atoms with Crippen LogP contribution in [0.15, 0.2) is 23.1 Å². The molecule has 0 unspecified atom stereocenters. The van der Waals surface area contributed by atoms with Gasteiger partial charge in [0, 0.05) is 0 Å². The summed E-state index contributed by atoms with van der Waals surface area (Å²) in [6, 6.07) is 1.67. The number of halogens is 4. The van der Waals surface area contributed by atoms with E-state index in [1.54, 1.807) is 0 Å². The maximum Gasteiger partial charge on any atom is 0.416 e. The van der Waals surface area contributed by atoms with Gasteiger partial charge in [-0.3, -0.25) is 0 Å². The van der Waals surface area contributed by atoms with E-state index in [4.69, 9.17) is 16.8 Å². The maximum atomic E-state index is 12.2. The van der Waals surface area contributed by atoms with Crippen molar-refractivity contribution >= 4 is 21.6 Å². The summed E-state index contributed by atoms with van der Waals surface area (Å²) in [5.74, 6) is 0. The highest BCUT2D eigenvalue weighted by Gasteiger charge is 2.31. The van der Waals surface area contributed by atoms with E-state index in [9.17, 15) is 21.6 Å². The van der Waals surface area contributed by atoms with Gasteiger partial charge in [0.1, 0.15) is 4.90 Å². The van der Waals surface area contributed by atoms with E-state index in [1.807, 2.05) is 0 Å². The second-order valence-electron chi connectivity index (χ2n) is 2.74. The second-order valence-corrected chi connectivity index (χ2v) is 4.77. The van der Waals surface area contributed by atoms with Crippen LogP contribution in [0.2, 0.25) is 5.02 Å². The normalized spacial score (nSPS) is 12.8. The fraction of sp³-hybridized carbons (Fsp3) is 0.143. The van der Waals surface area contributed by atoms with E-state index in [0.29, 0.717) is 18.2 Å². The third kappa shape index (κ3) is 2.64. The van der Waals surface area contributed by atoms with Crippen LogP contribution < -0.4 is 4.89 Å². The number of benzene rings is 1. The van der Waals surface area contributed by atoms with Crippen molar-refractivity contribution in [3.8, 4) is 0 Å². The van der Waals surface area contributed by atoms with Gasteiger partial charge in [0.05, 0.1) is 10.6 Å². The molecule has 0 fully saturated rings. The minimum atomic E-state index is -4.61. The molecule has 0 aliphatic heterocycles. The molecule has 0 radical (unpaired) electrons. The lowest BCUT2D eigenvalue weighted by Gasteiger charge is -2.09. The molecule has 0 heterocycles. The van der Waals surface area contributed by atoms with E-state index in [0.717, 1.165) is 4.89 Å². The summed E-state index contributed by atoms with van der Waals surface area (Å²) < 4.78 is 58.7. The van der Waals surface area contributed by atoms with Gasteiger partial charge < -0.3 is 5.21 Å². The lowest BCUT2D eigenvalue weighted by Crippen LogP contribution is -2.20. The first-order valence-electron chi connectivity index (χ1n) is 3.71. The Morgan fingerprint density at radius 2 is 1.88 bits per heavy atom. The summed E-state index contributed by atoms with van der Waals surface area (Å²) in [5, 5.41) is 7.65. The van der Waals surface area contributed by atoms with Crippen molar-refractivity contribution in [2.75, 3.05) is 0 Å². The van der Waals surface area contributed by atoms with Crippen LogP contribution in [-0.4, -0.2) is 13.6 Å². The first kappa shape index (κ1) is 13.2. The molecule has 0 amide bonds. The molecule has 0 spiro atoms. The monoisotopic (exact) mass is 275 g/mol. The summed E-state index contributed by atoms with van der Waals surface area (Å²) in [5.41, 5.74) is -1.07. The van der Waals surface area contributed by atoms with Gasteiger partial charge in [0.25, 0.3) is 10.0 Å². The Kier molecular flexibility index (Phi) is 3.48. The molecule has 9 heteroatoms.